The van der Waals surface area contributed by atoms with E-state index in [9.17, 15) is 0 Å². The van der Waals surface area contributed by atoms with Crippen molar-refractivity contribution in [1.29, 1.82) is 0 Å². The van der Waals surface area contributed by atoms with E-state index in [1.165, 1.54) is 25.7 Å². The molecule has 0 spiro atoms. The fraction of sp³-hybridized carbons (Fsp3) is 1.00. The number of hydrogen-bond donors (Lipinski definition) is 1. The van der Waals surface area contributed by atoms with Crippen molar-refractivity contribution in [2.45, 2.75) is 52.9 Å². The summed E-state index contributed by atoms with van der Waals surface area (Å²) < 4.78 is 0. The maximum atomic E-state index is 8.65. The molecule has 0 aliphatic carbocycles. The van der Waals surface area contributed by atoms with Gasteiger partial charge in [-0.2, -0.15) is 0 Å². The van der Waals surface area contributed by atoms with E-state index in [1.54, 1.807) is 0 Å². The lowest BCUT2D eigenvalue weighted by atomic mass is 9.85. The van der Waals surface area contributed by atoms with E-state index >= 15 is 0 Å². The second-order valence-corrected chi connectivity index (χ2v) is 3.77. The maximum Gasteiger partial charge on any atom is 0.0431 e. The van der Waals surface area contributed by atoms with Gasteiger partial charge in [-0.15, -0.1) is 0 Å². The monoisotopic (exact) mass is 172 g/mol. The van der Waals surface area contributed by atoms with E-state index in [-0.39, 0.29) is 0 Å². The van der Waals surface area contributed by atoms with Crippen LogP contribution in [0.5, 0.6) is 0 Å². The van der Waals surface area contributed by atoms with Crippen molar-refractivity contribution in [2.24, 2.45) is 11.8 Å². The molecular weight excluding hydrogens is 148 g/mol. The predicted molar refractivity (Wildman–Crippen MR) is 54.2 cm³/mol. The molecule has 0 amide bonds. The van der Waals surface area contributed by atoms with Gasteiger partial charge in [0.25, 0.3) is 0 Å². The van der Waals surface area contributed by atoms with Gasteiger partial charge in [-0.1, -0.05) is 46.5 Å². The first-order valence-electron chi connectivity index (χ1n) is 5.37. The molecule has 0 saturated carbocycles. The van der Waals surface area contributed by atoms with Crippen LogP contribution in [-0.4, -0.2) is 11.7 Å². The van der Waals surface area contributed by atoms with Crippen LogP contribution in [0.1, 0.15) is 52.9 Å². The van der Waals surface area contributed by atoms with E-state index in [2.05, 4.69) is 20.8 Å². The highest BCUT2D eigenvalue weighted by Crippen LogP contribution is 2.23. The summed E-state index contributed by atoms with van der Waals surface area (Å²) in [5.74, 6) is 1.73. The lowest BCUT2D eigenvalue weighted by molar-refractivity contribution is 0.261. The molecule has 0 fully saturated rings. The number of hydrogen-bond acceptors (Lipinski definition) is 1. The largest absolute Gasteiger partial charge is 0.396 e. The highest BCUT2D eigenvalue weighted by atomic mass is 16.2. The molecule has 1 nitrogen and oxygen atoms in total. The topological polar surface area (TPSA) is 20.2 Å². The highest BCUT2D eigenvalue weighted by Gasteiger charge is 2.12. The van der Waals surface area contributed by atoms with Crippen LogP contribution in [0.4, 0.5) is 0 Å². The van der Waals surface area contributed by atoms with E-state index in [4.69, 9.17) is 5.11 Å². The summed E-state index contributed by atoms with van der Waals surface area (Å²) in [6, 6.07) is 0. The van der Waals surface area contributed by atoms with Crippen molar-refractivity contribution in [3.63, 3.8) is 0 Å². The minimum absolute atomic E-state index is 0.358. The van der Waals surface area contributed by atoms with Gasteiger partial charge in [-0.3, -0.25) is 0 Å². The second kappa shape index (κ2) is 7.60. The van der Waals surface area contributed by atoms with E-state index < -0.39 is 0 Å². The average molecular weight is 172 g/mol. The van der Waals surface area contributed by atoms with Crippen LogP contribution in [0.15, 0.2) is 0 Å². The third-order valence-corrected chi connectivity index (χ3v) is 2.96. The summed E-state index contributed by atoms with van der Waals surface area (Å²) in [6.45, 7) is 7.24. The lowest BCUT2D eigenvalue weighted by Gasteiger charge is -2.20. The normalized spacial score (nSPS) is 16.0. The van der Waals surface area contributed by atoms with Gasteiger partial charge >= 0.3 is 0 Å². The van der Waals surface area contributed by atoms with Gasteiger partial charge in [0.05, 0.1) is 0 Å². The van der Waals surface area contributed by atoms with E-state index in [0.29, 0.717) is 6.61 Å². The highest BCUT2D eigenvalue weighted by molar-refractivity contribution is 4.63. The molecule has 1 heteroatoms. The van der Waals surface area contributed by atoms with Crippen LogP contribution in [0.3, 0.4) is 0 Å². The Hall–Kier alpha value is -0.0400. The maximum absolute atomic E-state index is 8.65. The average Bonchev–Trinajstić information content (AvgIpc) is 2.11. The third-order valence-electron chi connectivity index (χ3n) is 2.96. The first-order valence-corrected chi connectivity index (χ1v) is 5.37. The van der Waals surface area contributed by atoms with Crippen LogP contribution < -0.4 is 0 Å². The Morgan fingerprint density at radius 1 is 1.08 bits per heavy atom. The minimum atomic E-state index is 0.358. The van der Waals surface area contributed by atoms with Gasteiger partial charge in [-0.25, -0.2) is 0 Å². The molecule has 0 aliphatic rings. The molecule has 74 valence electrons. The number of aliphatic hydroxyl groups excluding tert-OH is 1. The van der Waals surface area contributed by atoms with Crippen molar-refractivity contribution >= 4 is 0 Å². The van der Waals surface area contributed by atoms with Gasteiger partial charge < -0.3 is 5.11 Å². The van der Waals surface area contributed by atoms with E-state index in [0.717, 1.165) is 18.3 Å². The second-order valence-electron chi connectivity index (χ2n) is 3.77. The van der Waals surface area contributed by atoms with Crippen molar-refractivity contribution in [3.8, 4) is 0 Å². The first kappa shape index (κ1) is 12.0. The van der Waals surface area contributed by atoms with Crippen LogP contribution in [0, 0.1) is 11.8 Å². The van der Waals surface area contributed by atoms with Gasteiger partial charge in [0.15, 0.2) is 0 Å². The number of aliphatic hydroxyl groups is 1. The van der Waals surface area contributed by atoms with Crippen LogP contribution >= 0.6 is 0 Å². The Morgan fingerprint density at radius 2 is 1.75 bits per heavy atom. The molecule has 1 N–H and O–H groups in total. The van der Waals surface area contributed by atoms with Gasteiger partial charge in [-0.05, 0) is 18.3 Å². The standard InChI is InChI=1S/C11H24O/c1-4-10(3)11(5-2)8-6-7-9-12/h10-12H,4-9H2,1-3H3. The smallest absolute Gasteiger partial charge is 0.0431 e. The van der Waals surface area contributed by atoms with Crippen molar-refractivity contribution in [1.82, 2.24) is 0 Å². The summed E-state index contributed by atoms with van der Waals surface area (Å²) in [7, 11) is 0. The molecule has 12 heavy (non-hydrogen) atoms. The summed E-state index contributed by atoms with van der Waals surface area (Å²) in [6.07, 6.45) is 6.05. The summed E-state index contributed by atoms with van der Waals surface area (Å²) >= 11 is 0. The summed E-state index contributed by atoms with van der Waals surface area (Å²) in [5.41, 5.74) is 0. The quantitative estimate of drug-likeness (QED) is 0.585. The SMILES string of the molecule is CCC(C)C(CC)CCCCO. The Bertz CT molecular complexity index is 91.0. The Labute approximate surface area is 77.2 Å². The molecule has 2 atom stereocenters. The van der Waals surface area contributed by atoms with Crippen LogP contribution in [0.2, 0.25) is 0 Å². The molecule has 0 rings (SSSR count). The molecule has 0 aromatic heterocycles. The predicted octanol–water partition coefficient (Wildman–Crippen LogP) is 3.22. The number of unbranched alkanes of at least 4 members (excludes halogenated alkanes) is 1. The molecular formula is C11H24O. The summed E-state index contributed by atoms with van der Waals surface area (Å²) in [5, 5.41) is 8.65. The Morgan fingerprint density at radius 3 is 2.17 bits per heavy atom. The molecule has 0 aliphatic heterocycles. The molecule has 0 aromatic rings. The molecule has 0 heterocycles. The lowest BCUT2D eigenvalue weighted by Crippen LogP contribution is -2.10. The van der Waals surface area contributed by atoms with Crippen molar-refractivity contribution in [2.75, 3.05) is 6.61 Å². The van der Waals surface area contributed by atoms with Gasteiger partial charge in [0, 0.05) is 6.61 Å². The molecule has 0 bridgehead atoms. The molecule has 0 saturated heterocycles. The van der Waals surface area contributed by atoms with Gasteiger partial charge in [0.2, 0.25) is 0 Å². The first-order chi connectivity index (χ1) is 5.76. The molecule has 0 aromatic carbocycles. The molecule has 0 radical (unpaired) electrons. The van der Waals surface area contributed by atoms with Gasteiger partial charge in [0.1, 0.15) is 0 Å². The van der Waals surface area contributed by atoms with Crippen LogP contribution in [-0.2, 0) is 0 Å². The van der Waals surface area contributed by atoms with E-state index in [1.807, 2.05) is 0 Å². The zero-order chi connectivity index (χ0) is 9.40. The van der Waals surface area contributed by atoms with Crippen molar-refractivity contribution in [3.05, 3.63) is 0 Å². The third kappa shape index (κ3) is 4.76. The Kier molecular flexibility index (Phi) is 7.58. The molecule has 2 unspecified atom stereocenters. The number of rotatable bonds is 7. The zero-order valence-electron chi connectivity index (χ0n) is 8.84. The van der Waals surface area contributed by atoms with Crippen molar-refractivity contribution < 1.29 is 5.11 Å². The summed E-state index contributed by atoms with van der Waals surface area (Å²) in [4.78, 5) is 0. The van der Waals surface area contributed by atoms with Crippen LogP contribution in [0.25, 0.3) is 0 Å². The zero-order valence-corrected chi connectivity index (χ0v) is 8.84. The fourth-order valence-electron chi connectivity index (χ4n) is 1.74. The fourth-order valence-corrected chi connectivity index (χ4v) is 1.74. The Balaban J connectivity index is 3.52. The minimum Gasteiger partial charge on any atom is -0.396 e.